The van der Waals surface area contributed by atoms with Crippen LogP contribution in [-0.2, 0) is 10.0 Å². The van der Waals surface area contributed by atoms with Crippen LogP contribution in [-0.4, -0.2) is 14.5 Å². The van der Waals surface area contributed by atoms with Crippen LogP contribution in [0, 0.1) is 5.82 Å². The van der Waals surface area contributed by atoms with Crippen molar-refractivity contribution in [2.24, 2.45) is 0 Å². The van der Waals surface area contributed by atoms with Gasteiger partial charge in [0, 0.05) is 6.04 Å². The van der Waals surface area contributed by atoms with Crippen LogP contribution in [0.25, 0.3) is 5.57 Å². The fourth-order valence-corrected chi connectivity index (χ4v) is 3.13. The van der Waals surface area contributed by atoms with Crippen molar-refractivity contribution in [2.45, 2.75) is 17.9 Å². The number of nitrogens with one attached hydrogen (secondary N) is 1. The highest BCUT2D eigenvalue weighted by Crippen LogP contribution is 2.18. The van der Waals surface area contributed by atoms with Crippen molar-refractivity contribution in [3.05, 3.63) is 72.6 Å². The molecule has 21 heavy (non-hydrogen) atoms. The summed E-state index contributed by atoms with van der Waals surface area (Å²) in [6.45, 7) is 5.65. The van der Waals surface area contributed by atoms with Gasteiger partial charge in [0.15, 0.2) is 0 Å². The Morgan fingerprint density at radius 2 is 1.67 bits per heavy atom. The summed E-state index contributed by atoms with van der Waals surface area (Å²) in [5, 5.41) is 0. The van der Waals surface area contributed by atoms with Gasteiger partial charge in [-0.2, -0.15) is 0 Å². The number of hydrogen-bond acceptors (Lipinski definition) is 2. The van der Waals surface area contributed by atoms with Crippen LogP contribution in [0.1, 0.15) is 12.5 Å². The van der Waals surface area contributed by atoms with Crippen molar-refractivity contribution in [1.29, 1.82) is 0 Å². The first-order valence-electron chi connectivity index (χ1n) is 6.42. The van der Waals surface area contributed by atoms with E-state index in [0.29, 0.717) is 5.57 Å². The van der Waals surface area contributed by atoms with Gasteiger partial charge in [0.25, 0.3) is 0 Å². The maximum absolute atomic E-state index is 12.9. The monoisotopic (exact) mass is 305 g/mol. The van der Waals surface area contributed by atoms with Crippen molar-refractivity contribution in [3.63, 3.8) is 0 Å². The minimum absolute atomic E-state index is 0.0246. The van der Waals surface area contributed by atoms with Gasteiger partial charge in [-0.15, -0.1) is 0 Å². The summed E-state index contributed by atoms with van der Waals surface area (Å²) < 4.78 is 39.8. The van der Waals surface area contributed by atoms with Crippen LogP contribution >= 0.6 is 0 Å². The highest BCUT2D eigenvalue weighted by Gasteiger charge is 2.19. The van der Waals surface area contributed by atoms with Gasteiger partial charge in [0.1, 0.15) is 5.82 Å². The number of benzene rings is 2. The molecule has 1 atom stereocenters. The maximum atomic E-state index is 12.9. The van der Waals surface area contributed by atoms with E-state index in [1.165, 1.54) is 12.1 Å². The minimum atomic E-state index is -3.71. The third-order valence-corrected chi connectivity index (χ3v) is 4.68. The molecule has 2 aromatic carbocycles. The van der Waals surface area contributed by atoms with Crippen molar-refractivity contribution in [1.82, 2.24) is 4.72 Å². The number of hydrogen-bond donors (Lipinski definition) is 1. The van der Waals surface area contributed by atoms with Crippen LogP contribution in [0.4, 0.5) is 4.39 Å². The molecule has 0 aliphatic heterocycles. The van der Waals surface area contributed by atoms with Crippen LogP contribution in [0.3, 0.4) is 0 Å². The van der Waals surface area contributed by atoms with E-state index in [-0.39, 0.29) is 4.90 Å². The number of rotatable bonds is 5. The average Bonchev–Trinajstić information content (AvgIpc) is 2.47. The van der Waals surface area contributed by atoms with Crippen molar-refractivity contribution < 1.29 is 12.8 Å². The first-order chi connectivity index (χ1) is 9.90. The quantitative estimate of drug-likeness (QED) is 0.922. The Morgan fingerprint density at radius 1 is 1.10 bits per heavy atom. The van der Waals surface area contributed by atoms with Crippen LogP contribution in [0.5, 0.6) is 0 Å². The third-order valence-electron chi connectivity index (χ3n) is 3.12. The van der Waals surface area contributed by atoms with Gasteiger partial charge in [-0.05, 0) is 42.3 Å². The molecular formula is C16H16FNO2S. The molecule has 0 amide bonds. The lowest BCUT2D eigenvalue weighted by Crippen LogP contribution is -2.33. The SMILES string of the molecule is C=C(c1ccccc1)C(C)NS(=O)(=O)c1ccc(F)cc1. The lowest BCUT2D eigenvalue weighted by Gasteiger charge is -2.17. The van der Waals surface area contributed by atoms with Crippen molar-refractivity contribution in [3.8, 4) is 0 Å². The van der Waals surface area contributed by atoms with E-state index in [1.54, 1.807) is 6.92 Å². The third kappa shape index (κ3) is 3.77. The standard InChI is InChI=1S/C16H16FNO2S/c1-12(14-6-4-3-5-7-14)13(2)18-21(19,20)16-10-8-15(17)9-11-16/h3-11,13,18H,1H2,2H3. The Morgan fingerprint density at radius 3 is 2.24 bits per heavy atom. The fraction of sp³-hybridized carbons (Fsp3) is 0.125. The van der Waals surface area contributed by atoms with E-state index in [2.05, 4.69) is 11.3 Å². The van der Waals surface area contributed by atoms with Crippen molar-refractivity contribution in [2.75, 3.05) is 0 Å². The highest BCUT2D eigenvalue weighted by molar-refractivity contribution is 7.89. The molecule has 1 unspecified atom stereocenters. The van der Waals surface area contributed by atoms with Gasteiger partial charge < -0.3 is 0 Å². The predicted octanol–water partition coefficient (Wildman–Crippen LogP) is 3.21. The first-order valence-corrected chi connectivity index (χ1v) is 7.90. The Hall–Kier alpha value is -1.98. The summed E-state index contributed by atoms with van der Waals surface area (Å²) in [7, 11) is -3.71. The second kappa shape index (κ2) is 6.20. The van der Waals surface area contributed by atoms with Gasteiger partial charge in [0.2, 0.25) is 10.0 Å². The summed E-state index contributed by atoms with van der Waals surface area (Å²) >= 11 is 0. The molecule has 0 aromatic heterocycles. The second-order valence-corrected chi connectivity index (χ2v) is 6.40. The number of halogens is 1. The normalized spacial score (nSPS) is 12.9. The van der Waals surface area contributed by atoms with Gasteiger partial charge in [-0.1, -0.05) is 36.9 Å². The lowest BCUT2D eigenvalue weighted by molar-refractivity contribution is 0.576. The van der Waals surface area contributed by atoms with E-state index in [1.807, 2.05) is 30.3 Å². The molecule has 2 aromatic rings. The Labute approximate surface area is 124 Å². The molecule has 0 spiro atoms. The molecule has 3 nitrogen and oxygen atoms in total. The zero-order chi connectivity index (χ0) is 15.5. The second-order valence-electron chi connectivity index (χ2n) is 4.69. The van der Waals surface area contributed by atoms with Gasteiger partial charge in [-0.25, -0.2) is 17.5 Å². The van der Waals surface area contributed by atoms with E-state index in [4.69, 9.17) is 0 Å². The molecule has 0 aliphatic carbocycles. The molecule has 1 N–H and O–H groups in total. The van der Waals surface area contributed by atoms with E-state index in [0.717, 1.165) is 17.7 Å². The molecule has 110 valence electrons. The Kier molecular flexibility index (Phi) is 4.55. The zero-order valence-electron chi connectivity index (χ0n) is 11.6. The Balaban J connectivity index is 2.17. The maximum Gasteiger partial charge on any atom is 0.241 e. The number of sulfonamides is 1. The minimum Gasteiger partial charge on any atom is -0.207 e. The lowest BCUT2D eigenvalue weighted by atomic mass is 10.0. The summed E-state index contributed by atoms with van der Waals surface area (Å²) in [5.74, 6) is -0.476. The molecule has 0 heterocycles. The van der Waals surface area contributed by atoms with E-state index < -0.39 is 21.9 Å². The van der Waals surface area contributed by atoms with Gasteiger partial charge in [-0.3, -0.25) is 0 Å². The first kappa shape index (κ1) is 15.4. The van der Waals surface area contributed by atoms with Gasteiger partial charge in [0.05, 0.1) is 4.90 Å². The van der Waals surface area contributed by atoms with Crippen LogP contribution < -0.4 is 4.72 Å². The topological polar surface area (TPSA) is 46.2 Å². The molecule has 0 saturated heterocycles. The zero-order valence-corrected chi connectivity index (χ0v) is 12.4. The average molecular weight is 305 g/mol. The summed E-state index contributed by atoms with van der Waals surface area (Å²) in [6.07, 6.45) is 0. The fourth-order valence-electron chi connectivity index (χ4n) is 1.89. The molecule has 0 bridgehead atoms. The van der Waals surface area contributed by atoms with Crippen LogP contribution in [0.2, 0.25) is 0 Å². The predicted molar refractivity (Wildman–Crippen MR) is 81.7 cm³/mol. The smallest absolute Gasteiger partial charge is 0.207 e. The largest absolute Gasteiger partial charge is 0.241 e. The molecule has 0 fully saturated rings. The molecule has 0 radical (unpaired) electrons. The highest BCUT2D eigenvalue weighted by atomic mass is 32.2. The van der Waals surface area contributed by atoms with Crippen LogP contribution in [0.15, 0.2) is 66.1 Å². The van der Waals surface area contributed by atoms with Gasteiger partial charge >= 0.3 is 0 Å². The summed E-state index contributed by atoms with van der Waals surface area (Å²) in [4.78, 5) is 0.0246. The molecule has 0 saturated carbocycles. The molecule has 5 heteroatoms. The summed E-state index contributed by atoms with van der Waals surface area (Å²) in [6, 6.07) is 13.6. The molecule has 2 rings (SSSR count). The summed E-state index contributed by atoms with van der Waals surface area (Å²) in [5.41, 5.74) is 1.54. The Bertz CT molecular complexity index is 725. The molecular weight excluding hydrogens is 289 g/mol. The van der Waals surface area contributed by atoms with E-state index in [9.17, 15) is 12.8 Å². The van der Waals surface area contributed by atoms with Crippen molar-refractivity contribution >= 4 is 15.6 Å². The van der Waals surface area contributed by atoms with E-state index >= 15 is 0 Å². The molecule has 0 aliphatic rings.